The van der Waals surface area contributed by atoms with Gasteiger partial charge in [-0.05, 0) is 51.4 Å². The molecule has 0 aliphatic heterocycles. The van der Waals surface area contributed by atoms with Gasteiger partial charge >= 0.3 is 0 Å². The van der Waals surface area contributed by atoms with Crippen molar-refractivity contribution >= 4 is 0 Å². The van der Waals surface area contributed by atoms with E-state index in [1.54, 1.807) is 6.92 Å². The van der Waals surface area contributed by atoms with E-state index < -0.39 is 6.10 Å². The lowest BCUT2D eigenvalue weighted by Crippen LogP contribution is -2.21. The van der Waals surface area contributed by atoms with Gasteiger partial charge in [-0.2, -0.15) is 5.26 Å². The molecule has 17 heavy (non-hydrogen) atoms. The van der Waals surface area contributed by atoms with Gasteiger partial charge in [0, 0.05) is 6.04 Å². The van der Waals surface area contributed by atoms with Crippen molar-refractivity contribution in [3.8, 4) is 11.8 Å². The highest BCUT2D eigenvalue weighted by Crippen LogP contribution is 2.15. The van der Waals surface area contributed by atoms with Crippen LogP contribution in [0.1, 0.15) is 25.8 Å². The van der Waals surface area contributed by atoms with Gasteiger partial charge in [0.25, 0.3) is 0 Å². The Morgan fingerprint density at radius 2 is 1.94 bits per heavy atom. The summed E-state index contributed by atoms with van der Waals surface area (Å²) in [7, 11) is 1.98. The van der Waals surface area contributed by atoms with Crippen molar-refractivity contribution in [3.63, 3.8) is 0 Å². The van der Waals surface area contributed by atoms with Gasteiger partial charge in [-0.3, -0.25) is 0 Å². The first kappa shape index (κ1) is 13.5. The van der Waals surface area contributed by atoms with Crippen LogP contribution in [0.4, 0.5) is 0 Å². The molecule has 1 aromatic rings. The van der Waals surface area contributed by atoms with Crippen LogP contribution in [-0.2, 0) is 6.42 Å². The summed E-state index contributed by atoms with van der Waals surface area (Å²) in [4.78, 5) is 0. The van der Waals surface area contributed by atoms with Crippen LogP contribution in [0.2, 0.25) is 0 Å². The second-order valence-corrected chi connectivity index (χ2v) is 4.26. The molecule has 2 atom stereocenters. The van der Waals surface area contributed by atoms with Crippen molar-refractivity contribution in [2.75, 3.05) is 7.05 Å². The Hall–Kier alpha value is -1.53. The lowest BCUT2D eigenvalue weighted by Gasteiger charge is -2.11. The summed E-state index contributed by atoms with van der Waals surface area (Å²) in [6, 6.07) is 10.5. The molecule has 0 aliphatic rings. The van der Waals surface area contributed by atoms with E-state index in [2.05, 4.69) is 24.4 Å². The first-order chi connectivity index (χ1) is 8.15. The van der Waals surface area contributed by atoms with Crippen LogP contribution < -0.4 is 10.1 Å². The zero-order valence-electron chi connectivity index (χ0n) is 10.7. The molecule has 1 N–H and O–H groups in total. The number of nitriles is 1. The SMILES string of the molecule is CNC(C)CCc1ccc(OC(C)C#N)cc1. The van der Waals surface area contributed by atoms with Crippen molar-refractivity contribution in [1.82, 2.24) is 5.32 Å². The third-order valence-electron chi connectivity index (χ3n) is 2.78. The molecule has 0 bridgehead atoms. The molecule has 92 valence electrons. The van der Waals surface area contributed by atoms with E-state index in [9.17, 15) is 0 Å². The summed E-state index contributed by atoms with van der Waals surface area (Å²) >= 11 is 0. The number of benzene rings is 1. The Kier molecular flexibility index (Phi) is 5.51. The van der Waals surface area contributed by atoms with E-state index >= 15 is 0 Å². The summed E-state index contributed by atoms with van der Waals surface area (Å²) < 4.78 is 5.39. The van der Waals surface area contributed by atoms with Gasteiger partial charge in [-0.15, -0.1) is 0 Å². The standard InChI is InChI=1S/C14H20N2O/c1-11(16-3)4-5-13-6-8-14(9-7-13)17-12(2)10-15/h6-9,11-12,16H,4-5H2,1-3H3. The molecule has 3 heteroatoms. The Morgan fingerprint density at radius 1 is 1.29 bits per heavy atom. The lowest BCUT2D eigenvalue weighted by molar-refractivity contribution is 0.276. The summed E-state index contributed by atoms with van der Waals surface area (Å²) in [6.07, 6.45) is 1.77. The van der Waals surface area contributed by atoms with Crippen LogP contribution in [0.3, 0.4) is 0 Å². The second-order valence-electron chi connectivity index (χ2n) is 4.26. The molecule has 0 heterocycles. The quantitative estimate of drug-likeness (QED) is 0.819. The molecule has 0 aliphatic carbocycles. The number of nitrogens with zero attached hydrogens (tertiary/aromatic N) is 1. The zero-order chi connectivity index (χ0) is 12.7. The van der Waals surface area contributed by atoms with Crippen LogP contribution >= 0.6 is 0 Å². The highest BCUT2D eigenvalue weighted by Gasteiger charge is 2.02. The molecule has 0 saturated heterocycles. The summed E-state index contributed by atoms with van der Waals surface area (Å²) in [6.45, 7) is 3.91. The predicted octanol–water partition coefficient (Wildman–Crippen LogP) is 2.52. The van der Waals surface area contributed by atoms with E-state index in [0.717, 1.165) is 18.6 Å². The van der Waals surface area contributed by atoms with Crippen LogP contribution in [0.15, 0.2) is 24.3 Å². The number of ether oxygens (including phenoxy) is 1. The molecule has 0 amide bonds. The van der Waals surface area contributed by atoms with Crippen molar-refractivity contribution < 1.29 is 4.74 Å². The number of rotatable bonds is 6. The summed E-state index contributed by atoms with van der Waals surface area (Å²) in [5.41, 5.74) is 1.30. The van der Waals surface area contributed by atoms with Gasteiger partial charge in [0.2, 0.25) is 0 Å². The molecule has 0 fully saturated rings. The van der Waals surface area contributed by atoms with Gasteiger partial charge in [0.05, 0.1) is 0 Å². The van der Waals surface area contributed by atoms with Crippen LogP contribution in [0.25, 0.3) is 0 Å². The number of hydrogen-bond acceptors (Lipinski definition) is 3. The Morgan fingerprint density at radius 3 is 2.47 bits per heavy atom. The van der Waals surface area contributed by atoms with Gasteiger partial charge < -0.3 is 10.1 Å². The van der Waals surface area contributed by atoms with E-state index in [-0.39, 0.29) is 0 Å². The zero-order valence-corrected chi connectivity index (χ0v) is 10.7. The normalized spacial score (nSPS) is 13.8. The minimum Gasteiger partial charge on any atom is -0.476 e. The Labute approximate surface area is 103 Å². The highest BCUT2D eigenvalue weighted by molar-refractivity contribution is 5.27. The van der Waals surface area contributed by atoms with Crippen molar-refractivity contribution in [2.45, 2.75) is 38.8 Å². The smallest absolute Gasteiger partial charge is 0.181 e. The maximum atomic E-state index is 8.64. The largest absolute Gasteiger partial charge is 0.476 e. The second kappa shape index (κ2) is 6.93. The molecule has 0 spiro atoms. The molecular formula is C14H20N2O. The molecule has 0 aromatic heterocycles. The van der Waals surface area contributed by atoms with E-state index in [0.29, 0.717) is 6.04 Å². The predicted molar refractivity (Wildman–Crippen MR) is 69.0 cm³/mol. The van der Waals surface area contributed by atoms with Crippen LogP contribution in [0, 0.1) is 11.3 Å². The fraction of sp³-hybridized carbons (Fsp3) is 0.500. The molecule has 1 aromatic carbocycles. The molecule has 0 radical (unpaired) electrons. The first-order valence-electron chi connectivity index (χ1n) is 5.98. The van der Waals surface area contributed by atoms with Crippen molar-refractivity contribution in [1.29, 1.82) is 5.26 Å². The van der Waals surface area contributed by atoms with E-state index in [4.69, 9.17) is 10.00 Å². The monoisotopic (exact) mass is 232 g/mol. The number of hydrogen-bond donors (Lipinski definition) is 1. The maximum absolute atomic E-state index is 8.64. The van der Waals surface area contributed by atoms with Crippen molar-refractivity contribution in [3.05, 3.63) is 29.8 Å². The van der Waals surface area contributed by atoms with Crippen LogP contribution in [-0.4, -0.2) is 19.2 Å². The van der Waals surface area contributed by atoms with Gasteiger partial charge in [0.15, 0.2) is 6.10 Å². The minimum absolute atomic E-state index is 0.398. The van der Waals surface area contributed by atoms with E-state index in [1.165, 1.54) is 5.56 Å². The number of aryl methyl sites for hydroxylation is 1. The van der Waals surface area contributed by atoms with E-state index in [1.807, 2.05) is 25.2 Å². The Bertz CT molecular complexity index is 367. The molecular weight excluding hydrogens is 212 g/mol. The maximum Gasteiger partial charge on any atom is 0.181 e. The van der Waals surface area contributed by atoms with Gasteiger partial charge in [0.1, 0.15) is 11.8 Å². The Balaban J connectivity index is 2.48. The highest BCUT2D eigenvalue weighted by atomic mass is 16.5. The minimum atomic E-state index is -0.398. The summed E-state index contributed by atoms with van der Waals surface area (Å²) in [5, 5.41) is 11.9. The lowest BCUT2D eigenvalue weighted by atomic mass is 10.1. The fourth-order valence-electron chi connectivity index (χ4n) is 1.49. The average Bonchev–Trinajstić information content (AvgIpc) is 2.37. The third-order valence-corrected chi connectivity index (χ3v) is 2.78. The number of nitrogens with one attached hydrogen (secondary N) is 1. The average molecular weight is 232 g/mol. The van der Waals surface area contributed by atoms with Gasteiger partial charge in [-0.1, -0.05) is 12.1 Å². The summed E-state index contributed by atoms with van der Waals surface area (Å²) in [5.74, 6) is 0.754. The first-order valence-corrected chi connectivity index (χ1v) is 5.98. The molecule has 3 nitrogen and oxygen atoms in total. The van der Waals surface area contributed by atoms with Crippen LogP contribution in [0.5, 0.6) is 5.75 Å². The molecule has 0 saturated carbocycles. The molecule has 2 unspecified atom stereocenters. The third kappa shape index (κ3) is 4.88. The fourth-order valence-corrected chi connectivity index (χ4v) is 1.49. The topological polar surface area (TPSA) is 45.0 Å². The van der Waals surface area contributed by atoms with Crippen molar-refractivity contribution in [2.24, 2.45) is 0 Å². The molecule has 1 rings (SSSR count). The van der Waals surface area contributed by atoms with Gasteiger partial charge in [-0.25, -0.2) is 0 Å².